The monoisotopic (exact) mass is 268 g/mol. The van der Waals surface area contributed by atoms with E-state index in [4.69, 9.17) is 11.6 Å². The molecule has 0 N–H and O–H groups in total. The zero-order valence-electron chi connectivity index (χ0n) is 6.28. The molecule has 0 heterocycles. The minimum Gasteiger partial charge on any atom is -0.293 e. The van der Waals surface area contributed by atoms with E-state index in [1.807, 2.05) is 0 Å². The number of rotatable bonds is 2. The van der Waals surface area contributed by atoms with E-state index in [1.54, 1.807) is 0 Å². The second kappa shape index (κ2) is 4.15. The third-order valence-corrected chi connectivity index (χ3v) is 2.28. The highest BCUT2D eigenvalue weighted by molar-refractivity contribution is 9.10. The van der Waals surface area contributed by atoms with Crippen LogP contribution in [0.5, 0.6) is 0 Å². The Hall–Kier alpha value is -0.480. The van der Waals surface area contributed by atoms with Crippen molar-refractivity contribution in [1.82, 2.24) is 0 Å². The first-order valence-electron chi connectivity index (χ1n) is 3.30. The van der Waals surface area contributed by atoms with Crippen molar-refractivity contribution in [3.8, 4) is 0 Å². The van der Waals surface area contributed by atoms with Crippen LogP contribution >= 0.6 is 27.5 Å². The zero-order valence-corrected chi connectivity index (χ0v) is 8.62. The van der Waals surface area contributed by atoms with Crippen LogP contribution in [0.15, 0.2) is 16.6 Å². The topological polar surface area (TPSA) is 17.1 Å². The Morgan fingerprint density at radius 3 is 2.54 bits per heavy atom. The van der Waals surface area contributed by atoms with Gasteiger partial charge in [-0.25, -0.2) is 8.78 Å². The molecule has 1 aromatic rings. The van der Waals surface area contributed by atoms with Gasteiger partial charge < -0.3 is 0 Å². The van der Waals surface area contributed by atoms with Crippen molar-refractivity contribution in [2.24, 2.45) is 0 Å². The van der Waals surface area contributed by atoms with Crippen LogP contribution in [0.3, 0.4) is 0 Å². The van der Waals surface area contributed by atoms with Crippen LogP contribution in [0.2, 0.25) is 0 Å². The lowest BCUT2D eigenvalue weighted by molar-refractivity contribution is 0.101. The first-order chi connectivity index (χ1) is 6.06. The summed E-state index contributed by atoms with van der Waals surface area (Å²) >= 11 is 8.07. The molecule has 0 fully saturated rings. The second-order valence-corrected chi connectivity index (χ2v) is 3.42. The molecule has 0 unspecified atom stereocenters. The molecule has 0 aliphatic rings. The van der Waals surface area contributed by atoms with E-state index in [0.717, 1.165) is 6.07 Å². The first-order valence-corrected chi connectivity index (χ1v) is 4.62. The standard InChI is InChI=1S/C8H4BrClF2O/c9-5-1-4(8(13)3-10)6(11)2-7(5)12/h1-2H,3H2. The highest BCUT2D eigenvalue weighted by Gasteiger charge is 2.13. The lowest BCUT2D eigenvalue weighted by Crippen LogP contribution is -2.04. The summed E-state index contributed by atoms with van der Waals surface area (Å²) < 4.78 is 25.7. The lowest BCUT2D eigenvalue weighted by atomic mass is 10.1. The van der Waals surface area contributed by atoms with Crippen molar-refractivity contribution >= 4 is 33.3 Å². The van der Waals surface area contributed by atoms with E-state index >= 15 is 0 Å². The minimum atomic E-state index is -0.897. The molecule has 0 saturated heterocycles. The van der Waals surface area contributed by atoms with Gasteiger partial charge in [0.15, 0.2) is 5.78 Å². The number of benzene rings is 1. The molecule has 0 saturated carbocycles. The van der Waals surface area contributed by atoms with Crippen LogP contribution in [0, 0.1) is 11.6 Å². The summed E-state index contributed by atoms with van der Waals surface area (Å²) in [6.45, 7) is 0. The van der Waals surface area contributed by atoms with Crippen LogP contribution in [0.1, 0.15) is 10.4 Å². The molecule has 1 nitrogen and oxygen atoms in total. The molecule has 1 aromatic carbocycles. The van der Waals surface area contributed by atoms with Gasteiger partial charge in [0.2, 0.25) is 0 Å². The lowest BCUT2D eigenvalue weighted by Gasteiger charge is -2.01. The van der Waals surface area contributed by atoms with Gasteiger partial charge in [0, 0.05) is 6.07 Å². The molecule has 13 heavy (non-hydrogen) atoms. The molecule has 0 aromatic heterocycles. The van der Waals surface area contributed by atoms with Crippen molar-refractivity contribution < 1.29 is 13.6 Å². The maximum atomic E-state index is 12.9. The van der Waals surface area contributed by atoms with Crippen LogP contribution < -0.4 is 0 Å². The second-order valence-electron chi connectivity index (χ2n) is 2.30. The summed E-state index contributed by atoms with van der Waals surface area (Å²) in [4.78, 5) is 11.0. The summed E-state index contributed by atoms with van der Waals surface area (Å²) in [6, 6.07) is 1.72. The number of carbonyl (C=O) groups is 1. The molecule has 70 valence electrons. The molecule has 0 aliphatic heterocycles. The summed E-state index contributed by atoms with van der Waals surface area (Å²) in [6.07, 6.45) is 0. The van der Waals surface area contributed by atoms with E-state index in [9.17, 15) is 13.6 Å². The molecule has 0 atom stereocenters. The van der Waals surface area contributed by atoms with Crippen LogP contribution in [-0.4, -0.2) is 11.7 Å². The highest BCUT2D eigenvalue weighted by Crippen LogP contribution is 2.20. The van der Waals surface area contributed by atoms with Crippen molar-refractivity contribution in [1.29, 1.82) is 0 Å². The smallest absolute Gasteiger partial charge is 0.180 e. The Morgan fingerprint density at radius 1 is 1.38 bits per heavy atom. The summed E-state index contributed by atoms with van der Waals surface area (Å²) in [5, 5.41) is 0. The fourth-order valence-electron chi connectivity index (χ4n) is 0.808. The van der Waals surface area contributed by atoms with Crippen molar-refractivity contribution in [3.05, 3.63) is 33.8 Å². The van der Waals surface area contributed by atoms with Crippen molar-refractivity contribution in [3.63, 3.8) is 0 Å². The molecule has 0 bridgehead atoms. The van der Waals surface area contributed by atoms with E-state index in [0.29, 0.717) is 6.07 Å². The van der Waals surface area contributed by atoms with Crippen LogP contribution in [0.25, 0.3) is 0 Å². The third kappa shape index (κ3) is 2.25. The molecule has 1 rings (SSSR count). The molecular weight excluding hydrogens is 265 g/mol. The van der Waals surface area contributed by atoms with Gasteiger partial charge in [0.25, 0.3) is 0 Å². The molecule has 0 amide bonds. The normalized spacial score (nSPS) is 10.2. The molecule has 0 aliphatic carbocycles. The Morgan fingerprint density at radius 2 is 2.00 bits per heavy atom. The average Bonchev–Trinajstić information content (AvgIpc) is 2.10. The van der Waals surface area contributed by atoms with Gasteiger partial charge in [0.1, 0.15) is 11.6 Å². The van der Waals surface area contributed by atoms with Gasteiger partial charge in [-0.1, -0.05) is 0 Å². The maximum absolute atomic E-state index is 12.9. The van der Waals surface area contributed by atoms with E-state index < -0.39 is 17.4 Å². The van der Waals surface area contributed by atoms with E-state index in [-0.39, 0.29) is 15.9 Å². The molecular formula is C8H4BrClF2O. The predicted octanol–water partition coefficient (Wildman–Crippen LogP) is 3.15. The number of carbonyl (C=O) groups excluding carboxylic acids is 1. The molecule has 0 radical (unpaired) electrons. The fraction of sp³-hybridized carbons (Fsp3) is 0.125. The third-order valence-electron chi connectivity index (χ3n) is 1.43. The van der Waals surface area contributed by atoms with Gasteiger partial charge in [-0.05, 0) is 22.0 Å². The van der Waals surface area contributed by atoms with Crippen molar-refractivity contribution in [2.45, 2.75) is 0 Å². The van der Waals surface area contributed by atoms with Gasteiger partial charge in [0.05, 0.1) is 15.9 Å². The first kappa shape index (κ1) is 10.6. The molecule has 5 heteroatoms. The van der Waals surface area contributed by atoms with Crippen LogP contribution in [-0.2, 0) is 0 Å². The van der Waals surface area contributed by atoms with Crippen LogP contribution in [0.4, 0.5) is 8.78 Å². The van der Waals surface area contributed by atoms with Crippen molar-refractivity contribution in [2.75, 3.05) is 5.88 Å². The summed E-state index contributed by atoms with van der Waals surface area (Å²) in [7, 11) is 0. The minimum absolute atomic E-state index is 0.0439. The Bertz CT molecular complexity index is 354. The predicted molar refractivity (Wildman–Crippen MR) is 49.1 cm³/mol. The van der Waals surface area contributed by atoms with Gasteiger partial charge in [-0.2, -0.15) is 0 Å². The largest absolute Gasteiger partial charge is 0.293 e. The quantitative estimate of drug-likeness (QED) is 0.458. The van der Waals surface area contributed by atoms with E-state index in [1.165, 1.54) is 0 Å². The fourth-order valence-corrected chi connectivity index (χ4v) is 1.30. The maximum Gasteiger partial charge on any atom is 0.180 e. The number of hydrogen-bond donors (Lipinski definition) is 0. The highest BCUT2D eigenvalue weighted by atomic mass is 79.9. The Labute approximate surface area is 86.8 Å². The molecule has 0 spiro atoms. The number of alkyl halides is 1. The Kier molecular flexibility index (Phi) is 3.39. The summed E-state index contributed by atoms with van der Waals surface area (Å²) in [5.41, 5.74) is -0.205. The Balaban J connectivity index is 3.23. The zero-order chi connectivity index (χ0) is 10.0. The number of ketones is 1. The number of halogens is 4. The van der Waals surface area contributed by atoms with Gasteiger partial charge in [-0.15, -0.1) is 11.6 Å². The SMILES string of the molecule is O=C(CCl)c1cc(Br)c(F)cc1F. The summed E-state index contributed by atoms with van der Waals surface area (Å²) in [5.74, 6) is -2.54. The van der Waals surface area contributed by atoms with Gasteiger partial charge >= 0.3 is 0 Å². The number of Topliss-reactive ketones (excluding diaryl/α,β-unsaturated/α-hetero) is 1. The average molecular weight is 269 g/mol. The van der Waals surface area contributed by atoms with Gasteiger partial charge in [-0.3, -0.25) is 4.79 Å². The van der Waals surface area contributed by atoms with E-state index in [2.05, 4.69) is 15.9 Å². The number of hydrogen-bond acceptors (Lipinski definition) is 1.